The molecule has 4 rings (SSSR count). The Morgan fingerprint density at radius 1 is 1.09 bits per heavy atom. The standard InChI is InChI=1S/C26H27N3O3/c1-26(2,3)28-25(31)24-21-15-27-14-13-22(21)32-17-23(30)29(24)16-19-11-7-8-12-20(19)18-9-5-4-6-10-18/h4-15,24H,16-17H2,1-3H3,(H,28,31). The Balaban J connectivity index is 1.78. The van der Waals surface area contributed by atoms with Gasteiger partial charge in [0.1, 0.15) is 11.8 Å². The zero-order valence-corrected chi connectivity index (χ0v) is 18.5. The van der Waals surface area contributed by atoms with Gasteiger partial charge in [0.15, 0.2) is 6.61 Å². The molecule has 2 heterocycles. The molecule has 0 fully saturated rings. The first kappa shape index (κ1) is 21.6. The Hall–Kier alpha value is -3.67. The van der Waals surface area contributed by atoms with Crippen LogP contribution in [0.5, 0.6) is 5.75 Å². The summed E-state index contributed by atoms with van der Waals surface area (Å²) in [4.78, 5) is 32.5. The highest BCUT2D eigenvalue weighted by Crippen LogP contribution is 2.35. The van der Waals surface area contributed by atoms with Crippen molar-refractivity contribution in [1.82, 2.24) is 15.2 Å². The first-order valence-electron chi connectivity index (χ1n) is 10.6. The fourth-order valence-corrected chi connectivity index (χ4v) is 3.91. The van der Waals surface area contributed by atoms with Crippen LogP contribution in [-0.2, 0) is 16.1 Å². The number of carbonyl (C=O) groups excluding carboxylic acids is 2. The van der Waals surface area contributed by atoms with Crippen molar-refractivity contribution in [3.8, 4) is 16.9 Å². The van der Waals surface area contributed by atoms with Crippen LogP contribution in [0.3, 0.4) is 0 Å². The molecule has 6 heteroatoms. The van der Waals surface area contributed by atoms with E-state index in [1.54, 1.807) is 23.4 Å². The van der Waals surface area contributed by atoms with Gasteiger partial charge in [0, 0.05) is 30.0 Å². The van der Waals surface area contributed by atoms with E-state index in [-0.39, 0.29) is 25.0 Å². The molecule has 2 aromatic carbocycles. The van der Waals surface area contributed by atoms with Crippen molar-refractivity contribution >= 4 is 11.8 Å². The number of hydrogen-bond donors (Lipinski definition) is 1. The minimum atomic E-state index is -0.850. The first-order chi connectivity index (χ1) is 15.3. The largest absolute Gasteiger partial charge is 0.483 e. The second-order valence-electron chi connectivity index (χ2n) is 8.89. The Morgan fingerprint density at radius 3 is 2.56 bits per heavy atom. The number of amides is 2. The van der Waals surface area contributed by atoms with E-state index in [9.17, 15) is 9.59 Å². The summed E-state index contributed by atoms with van der Waals surface area (Å²) >= 11 is 0. The van der Waals surface area contributed by atoms with Gasteiger partial charge in [-0.2, -0.15) is 0 Å². The lowest BCUT2D eigenvalue weighted by Crippen LogP contribution is -2.49. The molecule has 0 saturated heterocycles. The Morgan fingerprint density at radius 2 is 1.81 bits per heavy atom. The second-order valence-corrected chi connectivity index (χ2v) is 8.89. The maximum absolute atomic E-state index is 13.4. The molecule has 3 aromatic rings. The van der Waals surface area contributed by atoms with E-state index in [0.29, 0.717) is 11.3 Å². The van der Waals surface area contributed by atoms with E-state index >= 15 is 0 Å². The lowest BCUT2D eigenvalue weighted by atomic mass is 9.97. The fraction of sp³-hybridized carbons (Fsp3) is 0.269. The molecule has 1 atom stereocenters. The Kier molecular flexibility index (Phi) is 5.95. The molecule has 1 unspecified atom stereocenters. The summed E-state index contributed by atoms with van der Waals surface area (Å²) in [5.74, 6) is -0.0119. The number of aromatic nitrogens is 1. The Bertz CT molecular complexity index is 1120. The topological polar surface area (TPSA) is 71.5 Å². The molecule has 0 bridgehead atoms. The van der Waals surface area contributed by atoms with Gasteiger partial charge < -0.3 is 15.0 Å². The number of carbonyl (C=O) groups is 2. The summed E-state index contributed by atoms with van der Waals surface area (Å²) in [5, 5.41) is 3.02. The van der Waals surface area contributed by atoms with Crippen LogP contribution in [0.1, 0.15) is 37.9 Å². The third-order valence-corrected chi connectivity index (χ3v) is 5.28. The predicted octanol–water partition coefficient (Wildman–Crippen LogP) is 4.13. The highest BCUT2D eigenvalue weighted by atomic mass is 16.5. The van der Waals surface area contributed by atoms with Crippen molar-refractivity contribution in [2.24, 2.45) is 0 Å². The molecular weight excluding hydrogens is 402 g/mol. The van der Waals surface area contributed by atoms with Crippen molar-refractivity contribution in [1.29, 1.82) is 0 Å². The van der Waals surface area contributed by atoms with Crippen LogP contribution in [-0.4, -0.2) is 33.8 Å². The molecule has 32 heavy (non-hydrogen) atoms. The number of hydrogen-bond acceptors (Lipinski definition) is 4. The summed E-state index contributed by atoms with van der Waals surface area (Å²) in [6.07, 6.45) is 3.21. The minimum Gasteiger partial charge on any atom is -0.483 e. The van der Waals surface area contributed by atoms with Gasteiger partial charge >= 0.3 is 0 Å². The molecule has 1 aliphatic heterocycles. The smallest absolute Gasteiger partial charge is 0.261 e. The third-order valence-electron chi connectivity index (χ3n) is 5.28. The normalized spacial score (nSPS) is 16.0. The van der Waals surface area contributed by atoms with Crippen molar-refractivity contribution in [2.75, 3.05) is 6.61 Å². The average molecular weight is 430 g/mol. The lowest BCUT2D eigenvalue weighted by Gasteiger charge is -2.32. The molecule has 0 spiro atoms. The number of ether oxygens (including phenoxy) is 1. The third kappa shape index (κ3) is 4.64. The highest BCUT2D eigenvalue weighted by molar-refractivity contribution is 5.91. The number of pyridine rings is 1. The molecule has 2 amide bonds. The van der Waals surface area contributed by atoms with E-state index in [1.165, 1.54) is 0 Å². The molecule has 0 aliphatic carbocycles. The summed E-state index contributed by atoms with van der Waals surface area (Å²) in [5.41, 5.74) is 3.15. The van der Waals surface area contributed by atoms with Gasteiger partial charge in [0.2, 0.25) is 5.91 Å². The Labute approximate surface area is 188 Å². The van der Waals surface area contributed by atoms with E-state index in [2.05, 4.69) is 10.3 Å². The van der Waals surface area contributed by atoms with E-state index in [0.717, 1.165) is 16.7 Å². The fourth-order valence-electron chi connectivity index (χ4n) is 3.91. The molecule has 6 nitrogen and oxygen atoms in total. The van der Waals surface area contributed by atoms with Crippen molar-refractivity contribution in [3.05, 3.63) is 84.2 Å². The minimum absolute atomic E-state index is 0.135. The molecule has 1 N–H and O–H groups in total. The van der Waals surface area contributed by atoms with Crippen LogP contribution in [0.15, 0.2) is 73.1 Å². The molecule has 1 aromatic heterocycles. The SMILES string of the molecule is CC(C)(C)NC(=O)C1c2cnccc2OCC(=O)N1Cc1ccccc1-c1ccccc1. The van der Waals surface area contributed by atoms with Crippen molar-refractivity contribution in [2.45, 2.75) is 38.9 Å². The maximum atomic E-state index is 13.4. The molecule has 1 aliphatic rings. The van der Waals surface area contributed by atoms with Crippen LogP contribution in [0.2, 0.25) is 0 Å². The molecule has 0 saturated carbocycles. The van der Waals surface area contributed by atoms with Crippen LogP contribution in [0, 0.1) is 0 Å². The van der Waals surface area contributed by atoms with Gasteiger partial charge in [0.25, 0.3) is 5.91 Å². The summed E-state index contributed by atoms with van der Waals surface area (Å²) in [7, 11) is 0. The zero-order valence-electron chi connectivity index (χ0n) is 18.5. The van der Waals surface area contributed by atoms with Crippen molar-refractivity contribution in [3.63, 3.8) is 0 Å². The molecular formula is C26H27N3O3. The highest BCUT2D eigenvalue weighted by Gasteiger charge is 2.38. The van der Waals surface area contributed by atoms with Gasteiger partial charge in [-0.1, -0.05) is 54.6 Å². The van der Waals surface area contributed by atoms with Gasteiger partial charge in [-0.25, -0.2) is 0 Å². The predicted molar refractivity (Wildman–Crippen MR) is 123 cm³/mol. The van der Waals surface area contributed by atoms with Crippen LogP contribution >= 0.6 is 0 Å². The number of rotatable bonds is 4. The van der Waals surface area contributed by atoms with Gasteiger partial charge in [-0.3, -0.25) is 14.6 Å². The monoisotopic (exact) mass is 429 g/mol. The number of nitrogens with zero attached hydrogens (tertiary/aromatic N) is 2. The van der Waals surface area contributed by atoms with Gasteiger partial charge in [0.05, 0.1) is 0 Å². The first-order valence-corrected chi connectivity index (χ1v) is 10.6. The second kappa shape index (κ2) is 8.83. The molecule has 164 valence electrons. The van der Waals surface area contributed by atoms with E-state index < -0.39 is 11.6 Å². The van der Waals surface area contributed by atoms with E-state index in [4.69, 9.17) is 4.74 Å². The van der Waals surface area contributed by atoms with Crippen LogP contribution in [0.25, 0.3) is 11.1 Å². The maximum Gasteiger partial charge on any atom is 0.261 e. The lowest BCUT2D eigenvalue weighted by molar-refractivity contribution is -0.142. The summed E-state index contributed by atoms with van der Waals surface area (Å²) in [6.45, 7) is 5.88. The quantitative estimate of drug-likeness (QED) is 0.677. The van der Waals surface area contributed by atoms with E-state index in [1.807, 2.05) is 75.4 Å². The number of nitrogens with one attached hydrogen (secondary N) is 1. The van der Waals surface area contributed by atoms with Gasteiger partial charge in [-0.15, -0.1) is 0 Å². The molecule has 0 radical (unpaired) electrons. The summed E-state index contributed by atoms with van der Waals surface area (Å²) in [6, 6.07) is 18.8. The van der Waals surface area contributed by atoms with Gasteiger partial charge in [-0.05, 0) is 43.5 Å². The van der Waals surface area contributed by atoms with Crippen LogP contribution in [0.4, 0.5) is 0 Å². The number of benzene rings is 2. The summed E-state index contributed by atoms with van der Waals surface area (Å²) < 4.78 is 5.74. The number of fused-ring (bicyclic) bond motifs is 1. The zero-order chi connectivity index (χ0) is 22.7. The van der Waals surface area contributed by atoms with Crippen molar-refractivity contribution < 1.29 is 14.3 Å². The average Bonchev–Trinajstić information content (AvgIpc) is 2.90. The van der Waals surface area contributed by atoms with Crippen LogP contribution < -0.4 is 10.1 Å².